The van der Waals surface area contributed by atoms with Crippen molar-refractivity contribution in [1.82, 2.24) is 0 Å². The molecule has 0 aliphatic rings. The van der Waals surface area contributed by atoms with Crippen LogP contribution in [-0.2, 0) is 65.4 Å². The molecular formula is C85H166O17P2. The Hall–Kier alpha value is -1.94. The van der Waals surface area contributed by atoms with Gasteiger partial charge in [0.1, 0.15) is 19.3 Å². The SMILES string of the molecule is CCCCCCCCCCCCCCCC(=O)O[C@H](COC(=O)CCCCCCCCCCC(C)CC)COP(=O)(O)OC[C@H](O)COP(=O)(O)OC[C@@H](COC(=O)CCCCCCCCCCCCCCCCC(C)CC)OC(=O)CCCCCCCCCCCCCCCCCCCCC(C)C. The number of unbranched alkanes of at least 4 members (excludes halogenated alkanes) is 49. The Labute approximate surface area is 638 Å². The van der Waals surface area contributed by atoms with Gasteiger partial charge in [-0.3, -0.25) is 37.3 Å². The zero-order valence-corrected chi connectivity index (χ0v) is 70.3. The van der Waals surface area contributed by atoms with Gasteiger partial charge in [-0.2, -0.15) is 0 Å². The summed E-state index contributed by atoms with van der Waals surface area (Å²) in [4.78, 5) is 73.2. The van der Waals surface area contributed by atoms with Gasteiger partial charge in [0.05, 0.1) is 26.4 Å². The molecule has 0 amide bonds. The lowest BCUT2D eigenvalue weighted by molar-refractivity contribution is -0.161. The van der Waals surface area contributed by atoms with Crippen LogP contribution in [0.25, 0.3) is 0 Å². The quantitative estimate of drug-likeness (QED) is 0.0222. The van der Waals surface area contributed by atoms with E-state index in [2.05, 4.69) is 48.5 Å². The predicted octanol–water partition coefficient (Wildman–Crippen LogP) is 25.7. The molecule has 0 aliphatic carbocycles. The lowest BCUT2D eigenvalue weighted by Crippen LogP contribution is -2.30. The molecule has 0 aromatic rings. The second-order valence-electron chi connectivity index (χ2n) is 31.5. The molecule has 7 atom stereocenters. The van der Waals surface area contributed by atoms with Crippen molar-refractivity contribution >= 4 is 39.5 Å². The molecule has 618 valence electrons. The molecular weight excluding hydrogens is 1350 g/mol. The second-order valence-corrected chi connectivity index (χ2v) is 34.4. The summed E-state index contributed by atoms with van der Waals surface area (Å²) in [7, 11) is -9.93. The molecule has 0 spiro atoms. The number of phosphoric ester groups is 2. The number of hydrogen-bond acceptors (Lipinski definition) is 15. The van der Waals surface area contributed by atoms with E-state index in [4.69, 9.17) is 37.0 Å². The fraction of sp³-hybridized carbons (Fsp3) is 0.953. The maximum atomic E-state index is 13.1. The second kappa shape index (κ2) is 75.1. The summed E-state index contributed by atoms with van der Waals surface area (Å²) in [6, 6.07) is 0. The Balaban J connectivity index is 5.25. The summed E-state index contributed by atoms with van der Waals surface area (Å²) in [5.74, 6) is 0.343. The van der Waals surface area contributed by atoms with Gasteiger partial charge in [0.2, 0.25) is 0 Å². The third-order valence-corrected chi connectivity index (χ3v) is 22.5. The van der Waals surface area contributed by atoms with Crippen LogP contribution in [-0.4, -0.2) is 96.7 Å². The van der Waals surface area contributed by atoms with Crippen molar-refractivity contribution in [3.05, 3.63) is 0 Å². The molecule has 0 aromatic heterocycles. The summed E-state index contributed by atoms with van der Waals surface area (Å²) in [6.45, 7) is 12.1. The monoisotopic (exact) mass is 1520 g/mol. The van der Waals surface area contributed by atoms with Crippen molar-refractivity contribution in [1.29, 1.82) is 0 Å². The van der Waals surface area contributed by atoms with E-state index in [1.807, 2.05) is 0 Å². The lowest BCUT2D eigenvalue weighted by atomic mass is 9.99. The summed E-state index contributed by atoms with van der Waals surface area (Å²) in [5, 5.41) is 10.7. The first-order chi connectivity index (χ1) is 50.3. The zero-order valence-electron chi connectivity index (χ0n) is 68.5. The maximum Gasteiger partial charge on any atom is 0.472 e. The van der Waals surface area contributed by atoms with Gasteiger partial charge in [-0.1, -0.05) is 395 Å². The highest BCUT2D eigenvalue weighted by Crippen LogP contribution is 2.45. The molecule has 0 heterocycles. The highest BCUT2D eigenvalue weighted by atomic mass is 31.2. The topological polar surface area (TPSA) is 237 Å². The summed E-state index contributed by atoms with van der Waals surface area (Å²) < 4.78 is 68.9. The highest BCUT2D eigenvalue weighted by Gasteiger charge is 2.30. The van der Waals surface area contributed by atoms with Crippen molar-refractivity contribution in [2.75, 3.05) is 39.6 Å². The third-order valence-electron chi connectivity index (χ3n) is 20.6. The van der Waals surface area contributed by atoms with E-state index < -0.39 is 97.5 Å². The first kappa shape index (κ1) is 102. The predicted molar refractivity (Wildman–Crippen MR) is 428 cm³/mol. The summed E-state index contributed by atoms with van der Waals surface area (Å²) >= 11 is 0. The number of ether oxygens (including phenoxy) is 4. The summed E-state index contributed by atoms with van der Waals surface area (Å²) in [5.41, 5.74) is 0. The highest BCUT2D eigenvalue weighted by molar-refractivity contribution is 7.47. The largest absolute Gasteiger partial charge is 0.472 e. The number of carbonyl (C=O) groups excluding carboxylic acids is 4. The minimum Gasteiger partial charge on any atom is -0.462 e. The number of esters is 4. The normalized spacial score (nSPS) is 14.4. The van der Waals surface area contributed by atoms with Crippen LogP contribution < -0.4 is 0 Å². The molecule has 0 radical (unpaired) electrons. The fourth-order valence-electron chi connectivity index (χ4n) is 13.1. The van der Waals surface area contributed by atoms with Gasteiger partial charge >= 0.3 is 39.5 Å². The Kier molecular flexibility index (Phi) is 73.7. The Bertz CT molecular complexity index is 2010. The molecule has 17 nitrogen and oxygen atoms in total. The number of phosphoric acid groups is 2. The molecule has 0 aromatic carbocycles. The van der Waals surface area contributed by atoms with Gasteiger partial charge in [0.25, 0.3) is 0 Å². The summed E-state index contributed by atoms with van der Waals surface area (Å²) in [6.07, 6.45) is 65.1. The lowest BCUT2D eigenvalue weighted by Gasteiger charge is -2.21. The number of carbonyl (C=O) groups is 4. The molecule has 0 rings (SSSR count). The van der Waals surface area contributed by atoms with Gasteiger partial charge in [-0.25, -0.2) is 9.13 Å². The van der Waals surface area contributed by atoms with E-state index in [0.29, 0.717) is 25.7 Å². The van der Waals surface area contributed by atoms with Gasteiger partial charge in [0.15, 0.2) is 12.2 Å². The van der Waals surface area contributed by atoms with Gasteiger partial charge in [0, 0.05) is 25.7 Å². The molecule has 3 N–H and O–H groups in total. The first-order valence-electron chi connectivity index (χ1n) is 43.9. The van der Waals surface area contributed by atoms with Crippen molar-refractivity contribution in [3.63, 3.8) is 0 Å². The van der Waals surface area contributed by atoms with Crippen LogP contribution in [0.3, 0.4) is 0 Å². The average Bonchev–Trinajstić information content (AvgIpc) is 1.01. The molecule has 19 heteroatoms. The van der Waals surface area contributed by atoms with E-state index in [9.17, 15) is 43.2 Å². The van der Waals surface area contributed by atoms with Crippen LogP contribution in [0.2, 0.25) is 0 Å². The Morgan fingerprint density at radius 3 is 0.731 bits per heavy atom. The molecule has 0 saturated carbocycles. The number of rotatable bonds is 83. The number of aliphatic hydroxyl groups is 1. The van der Waals surface area contributed by atoms with Crippen LogP contribution in [0, 0.1) is 17.8 Å². The van der Waals surface area contributed by atoms with Crippen LogP contribution in [0.4, 0.5) is 0 Å². The fourth-order valence-corrected chi connectivity index (χ4v) is 14.7. The van der Waals surface area contributed by atoms with Crippen molar-refractivity contribution in [2.45, 2.75) is 465 Å². The van der Waals surface area contributed by atoms with Crippen LogP contribution >= 0.6 is 15.6 Å². The van der Waals surface area contributed by atoms with Crippen LogP contribution in [0.1, 0.15) is 447 Å². The third kappa shape index (κ3) is 75.5. The Morgan fingerprint density at radius 2 is 0.490 bits per heavy atom. The minimum atomic E-state index is -4.97. The average molecular weight is 1520 g/mol. The van der Waals surface area contributed by atoms with Crippen LogP contribution in [0.15, 0.2) is 0 Å². The smallest absolute Gasteiger partial charge is 0.462 e. The number of aliphatic hydroxyl groups excluding tert-OH is 1. The van der Waals surface area contributed by atoms with E-state index in [-0.39, 0.29) is 25.7 Å². The molecule has 104 heavy (non-hydrogen) atoms. The van der Waals surface area contributed by atoms with Crippen LogP contribution in [0.5, 0.6) is 0 Å². The van der Waals surface area contributed by atoms with Crippen molar-refractivity contribution < 1.29 is 80.2 Å². The first-order valence-corrected chi connectivity index (χ1v) is 46.9. The maximum absolute atomic E-state index is 13.1. The van der Waals surface area contributed by atoms with Gasteiger partial charge in [-0.05, 0) is 43.4 Å². The van der Waals surface area contributed by atoms with E-state index in [1.54, 1.807) is 0 Å². The van der Waals surface area contributed by atoms with Crippen molar-refractivity contribution in [3.8, 4) is 0 Å². The standard InChI is InChI=1S/C85H166O17P2/c1-8-11-12-13-14-15-16-25-33-38-47-54-61-68-84(89)102-81(73-96-83(88)67-60-53-46-41-40-44-51-58-65-78(7)10-3)75-100-104(93,94)98-71-79(86)70-97-103(91,92)99-74-80(72-95-82(87)66-59-52-45-37-32-28-24-23-27-31-36-43-50-57-64-77(6)9-2)101-85(90)69-62-55-48-39-34-29-22-20-18-17-19-21-26-30-35-42-49-56-63-76(4)5/h76-81,86H,8-75H2,1-7H3,(H,91,92)(H,93,94)/t77?,78?,79-,80-,81-/m1/s1. The number of hydrogen-bond donors (Lipinski definition) is 3. The van der Waals surface area contributed by atoms with Crippen molar-refractivity contribution in [2.24, 2.45) is 17.8 Å². The molecule has 0 aliphatic heterocycles. The molecule has 0 bridgehead atoms. The zero-order chi connectivity index (χ0) is 76.5. The van der Waals surface area contributed by atoms with Gasteiger partial charge < -0.3 is 33.8 Å². The Morgan fingerprint density at radius 1 is 0.279 bits per heavy atom. The molecule has 0 fully saturated rings. The van der Waals surface area contributed by atoms with E-state index in [1.165, 1.54) is 257 Å². The van der Waals surface area contributed by atoms with E-state index in [0.717, 1.165) is 108 Å². The molecule has 0 saturated heterocycles. The van der Waals surface area contributed by atoms with Gasteiger partial charge in [-0.15, -0.1) is 0 Å². The molecule has 4 unspecified atom stereocenters. The minimum absolute atomic E-state index is 0.107. The van der Waals surface area contributed by atoms with E-state index >= 15 is 0 Å².